The van der Waals surface area contributed by atoms with Crippen LogP contribution in [0.15, 0.2) is 18.2 Å². The first-order chi connectivity index (χ1) is 9.71. The molecule has 1 fully saturated rings. The second-order valence-corrected chi connectivity index (χ2v) is 6.85. The predicted molar refractivity (Wildman–Crippen MR) is 83.4 cm³/mol. The van der Waals surface area contributed by atoms with E-state index in [9.17, 15) is 0 Å². The highest BCUT2D eigenvalue weighted by atomic mass is 16.5. The molecule has 0 spiro atoms. The minimum Gasteiger partial charge on any atom is -0.490 e. The molecule has 3 rings (SSSR count). The van der Waals surface area contributed by atoms with Gasteiger partial charge in [0.25, 0.3) is 0 Å². The van der Waals surface area contributed by atoms with E-state index in [4.69, 9.17) is 4.74 Å². The van der Waals surface area contributed by atoms with Crippen LogP contribution in [0.5, 0.6) is 5.75 Å². The van der Waals surface area contributed by atoms with Crippen LogP contribution in [-0.4, -0.2) is 19.7 Å². The first-order valence-corrected chi connectivity index (χ1v) is 8.12. The standard InChI is InChI=1S/C18H27NO/c1-14-6-7-17-15(10-14)11-16(20-17)12-18(13-19-2)8-4-3-5-9-18/h6-7,10,16,19H,3-5,8-9,11-13H2,1-2H3. The highest BCUT2D eigenvalue weighted by Gasteiger charge is 2.36. The average molecular weight is 273 g/mol. The van der Waals surface area contributed by atoms with Gasteiger partial charge in [0, 0.05) is 13.0 Å². The average Bonchev–Trinajstić information content (AvgIpc) is 2.81. The van der Waals surface area contributed by atoms with Crippen molar-refractivity contribution in [1.29, 1.82) is 0 Å². The molecule has 1 aliphatic carbocycles. The molecule has 110 valence electrons. The summed E-state index contributed by atoms with van der Waals surface area (Å²) < 4.78 is 6.21. The Bertz CT molecular complexity index is 457. The molecule has 0 bridgehead atoms. The molecule has 2 aliphatic rings. The van der Waals surface area contributed by atoms with Crippen LogP contribution in [0, 0.1) is 12.3 Å². The van der Waals surface area contributed by atoms with Crippen molar-refractivity contribution in [1.82, 2.24) is 5.32 Å². The molecule has 1 aromatic rings. The van der Waals surface area contributed by atoms with Gasteiger partial charge in [0.15, 0.2) is 0 Å². The lowest BCUT2D eigenvalue weighted by Crippen LogP contribution is -2.38. The Labute approximate surface area is 122 Å². The summed E-state index contributed by atoms with van der Waals surface area (Å²) in [6.07, 6.45) is 9.62. The number of fused-ring (bicyclic) bond motifs is 1. The third kappa shape index (κ3) is 2.85. The van der Waals surface area contributed by atoms with E-state index in [1.165, 1.54) is 49.7 Å². The Balaban J connectivity index is 1.69. The molecule has 0 radical (unpaired) electrons. The van der Waals surface area contributed by atoms with E-state index in [0.717, 1.165) is 18.7 Å². The highest BCUT2D eigenvalue weighted by molar-refractivity contribution is 5.40. The quantitative estimate of drug-likeness (QED) is 0.899. The van der Waals surface area contributed by atoms with E-state index in [1.54, 1.807) is 0 Å². The summed E-state index contributed by atoms with van der Waals surface area (Å²) in [7, 11) is 2.09. The Hall–Kier alpha value is -1.02. The molecule has 1 aliphatic heterocycles. The van der Waals surface area contributed by atoms with Crippen LogP contribution in [0.25, 0.3) is 0 Å². The van der Waals surface area contributed by atoms with Crippen molar-refractivity contribution >= 4 is 0 Å². The summed E-state index contributed by atoms with van der Waals surface area (Å²) in [6.45, 7) is 3.31. The Morgan fingerprint density at radius 1 is 1.25 bits per heavy atom. The number of benzene rings is 1. The zero-order valence-corrected chi connectivity index (χ0v) is 12.9. The smallest absolute Gasteiger partial charge is 0.123 e. The van der Waals surface area contributed by atoms with E-state index in [1.807, 2.05) is 0 Å². The fourth-order valence-electron chi connectivity index (χ4n) is 4.18. The second-order valence-electron chi connectivity index (χ2n) is 6.85. The summed E-state index contributed by atoms with van der Waals surface area (Å²) >= 11 is 0. The van der Waals surface area contributed by atoms with Gasteiger partial charge < -0.3 is 10.1 Å². The molecule has 1 atom stereocenters. The molecule has 0 saturated heterocycles. The lowest BCUT2D eigenvalue weighted by Gasteiger charge is -2.39. The molecular formula is C18H27NO. The molecule has 1 unspecified atom stereocenters. The van der Waals surface area contributed by atoms with Gasteiger partial charge in [-0.25, -0.2) is 0 Å². The largest absolute Gasteiger partial charge is 0.490 e. The molecular weight excluding hydrogens is 246 g/mol. The van der Waals surface area contributed by atoms with Gasteiger partial charge in [-0.1, -0.05) is 37.0 Å². The number of aryl methyl sites for hydroxylation is 1. The van der Waals surface area contributed by atoms with Gasteiger partial charge in [0.05, 0.1) is 0 Å². The van der Waals surface area contributed by atoms with Crippen LogP contribution in [-0.2, 0) is 6.42 Å². The van der Waals surface area contributed by atoms with Crippen molar-refractivity contribution in [3.63, 3.8) is 0 Å². The normalized spacial score (nSPS) is 24.2. The Kier molecular flexibility index (Phi) is 4.02. The topological polar surface area (TPSA) is 21.3 Å². The minimum atomic E-state index is 0.387. The van der Waals surface area contributed by atoms with Gasteiger partial charge in [-0.05, 0) is 50.3 Å². The van der Waals surface area contributed by atoms with Gasteiger partial charge in [0.2, 0.25) is 0 Å². The molecule has 1 aromatic carbocycles. The first-order valence-electron chi connectivity index (χ1n) is 8.12. The maximum absolute atomic E-state index is 6.21. The summed E-state index contributed by atoms with van der Waals surface area (Å²) in [5.41, 5.74) is 3.22. The minimum absolute atomic E-state index is 0.387. The van der Waals surface area contributed by atoms with Crippen molar-refractivity contribution in [3.05, 3.63) is 29.3 Å². The summed E-state index contributed by atoms with van der Waals surface area (Å²) in [5, 5.41) is 3.43. The van der Waals surface area contributed by atoms with Crippen LogP contribution in [0.3, 0.4) is 0 Å². The summed E-state index contributed by atoms with van der Waals surface area (Å²) in [5.74, 6) is 1.12. The summed E-state index contributed by atoms with van der Waals surface area (Å²) in [6, 6.07) is 6.60. The Morgan fingerprint density at radius 3 is 2.80 bits per heavy atom. The maximum Gasteiger partial charge on any atom is 0.123 e. The van der Waals surface area contributed by atoms with Gasteiger partial charge in [-0.15, -0.1) is 0 Å². The lowest BCUT2D eigenvalue weighted by molar-refractivity contribution is 0.0965. The highest BCUT2D eigenvalue weighted by Crippen LogP contribution is 2.42. The van der Waals surface area contributed by atoms with Gasteiger partial charge in [-0.2, -0.15) is 0 Å². The van der Waals surface area contributed by atoms with E-state index in [0.29, 0.717) is 11.5 Å². The van der Waals surface area contributed by atoms with Crippen LogP contribution < -0.4 is 10.1 Å². The van der Waals surface area contributed by atoms with Crippen molar-refractivity contribution in [2.24, 2.45) is 5.41 Å². The van der Waals surface area contributed by atoms with Gasteiger partial charge >= 0.3 is 0 Å². The van der Waals surface area contributed by atoms with Gasteiger partial charge in [0.1, 0.15) is 11.9 Å². The molecule has 2 nitrogen and oxygen atoms in total. The van der Waals surface area contributed by atoms with Crippen molar-refractivity contribution in [3.8, 4) is 5.75 Å². The molecule has 2 heteroatoms. The molecule has 0 amide bonds. The first kappa shape index (κ1) is 13.9. The van der Waals surface area contributed by atoms with Crippen molar-refractivity contribution in [2.75, 3.05) is 13.6 Å². The number of hydrogen-bond donors (Lipinski definition) is 1. The zero-order chi connectivity index (χ0) is 14.0. The fraction of sp³-hybridized carbons (Fsp3) is 0.667. The fourth-order valence-corrected chi connectivity index (χ4v) is 4.18. The molecule has 20 heavy (non-hydrogen) atoms. The monoisotopic (exact) mass is 273 g/mol. The van der Waals surface area contributed by atoms with Crippen LogP contribution in [0.2, 0.25) is 0 Å². The predicted octanol–water partition coefficient (Wildman–Crippen LogP) is 3.86. The van der Waals surface area contributed by atoms with E-state index in [2.05, 4.69) is 37.5 Å². The molecule has 1 N–H and O–H groups in total. The van der Waals surface area contributed by atoms with Crippen molar-refractivity contribution in [2.45, 2.75) is 58.0 Å². The lowest BCUT2D eigenvalue weighted by atomic mass is 9.70. The number of rotatable bonds is 4. The van der Waals surface area contributed by atoms with E-state index >= 15 is 0 Å². The van der Waals surface area contributed by atoms with Crippen LogP contribution >= 0.6 is 0 Å². The zero-order valence-electron chi connectivity index (χ0n) is 12.9. The van der Waals surface area contributed by atoms with Crippen molar-refractivity contribution < 1.29 is 4.74 Å². The van der Waals surface area contributed by atoms with E-state index in [-0.39, 0.29) is 0 Å². The number of ether oxygens (including phenoxy) is 1. The molecule has 1 heterocycles. The molecule has 0 aromatic heterocycles. The Morgan fingerprint density at radius 2 is 2.05 bits per heavy atom. The number of nitrogens with one attached hydrogen (secondary N) is 1. The maximum atomic E-state index is 6.21. The van der Waals surface area contributed by atoms with E-state index < -0.39 is 0 Å². The van der Waals surface area contributed by atoms with Crippen LogP contribution in [0.4, 0.5) is 0 Å². The third-order valence-electron chi connectivity index (χ3n) is 5.08. The van der Waals surface area contributed by atoms with Crippen LogP contribution in [0.1, 0.15) is 49.7 Å². The van der Waals surface area contributed by atoms with Gasteiger partial charge in [-0.3, -0.25) is 0 Å². The number of hydrogen-bond acceptors (Lipinski definition) is 2. The SMILES string of the molecule is CNCC1(CC2Cc3cc(C)ccc3O2)CCCCC1. The molecule has 1 saturated carbocycles. The summed E-state index contributed by atoms with van der Waals surface area (Å²) in [4.78, 5) is 0. The third-order valence-corrected chi connectivity index (χ3v) is 5.08. The second kappa shape index (κ2) is 5.77.